The monoisotopic (exact) mass is 370 g/mol. The van der Waals surface area contributed by atoms with E-state index in [1.54, 1.807) is 26.0 Å². The quantitative estimate of drug-likeness (QED) is 0.714. The zero-order chi connectivity index (χ0) is 18.4. The lowest BCUT2D eigenvalue weighted by Gasteiger charge is -2.22. The largest absolute Gasteiger partial charge is 0.383 e. The van der Waals surface area contributed by atoms with Gasteiger partial charge in [0.05, 0.1) is 23.8 Å². The number of benzene rings is 1. The van der Waals surface area contributed by atoms with Gasteiger partial charge < -0.3 is 18.9 Å². The van der Waals surface area contributed by atoms with Crippen LogP contribution in [0.3, 0.4) is 0 Å². The Labute approximate surface area is 150 Å². The number of rotatable bonds is 8. The zero-order valence-corrected chi connectivity index (χ0v) is 15.1. The Morgan fingerprint density at radius 1 is 1.28 bits per heavy atom. The molecular weight excluding hydrogens is 351 g/mol. The third-order valence-electron chi connectivity index (χ3n) is 3.69. The van der Waals surface area contributed by atoms with E-state index in [2.05, 4.69) is 5.16 Å². The summed E-state index contributed by atoms with van der Waals surface area (Å²) in [5.41, 5.74) is 0.312. The number of carbonyl (C=O) groups is 1. The number of ether oxygens (including phenoxy) is 2. The number of carbonyl (C=O) groups excluding carboxylic acids is 1. The Morgan fingerprint density at radius 2 is 1.92 bits per heavy atom. The van der Waals surface area contributed by atoms with Gasteiger partial charge in [0.25, 0.3) is 5.91 Å². The summed E-state index contributed by atoms with van der Waals surface area (Å²) in [5.74, 6) is -0.628. The highest BCUT2D eigenvalue weighted by molar-refractivity contribution is 6.33. The normalized spacial score (nSPS) is 10.9. The molecule has 0 spiro atoms. The van der Waals surface area contributed by atoms with Gasteiger partial charge in [-0.25, -0.2) is 4.39 Å². The van der Waals surface area contributed by atoms with Crippen molar-refractivity contribution in [2.24, 2.45) is 0 Å². The maximum Gasteiger partial charge on any atom is 0.259 e. The van der Waals surface area contributed by atoms with Crippen LogP contribution in [0, 0.1) is 12.7 Å². The topological polar surface area (TPSA) is 64.8 Å². The lowest BCUT2D eigenvalue weighted by molar-refractivity contribution is 0.0626. The van der Waals surface area contributed by atoms with Gasteiger partial charge in [0.2, 0.25) is 0 Å². The van der Waals surface area contributed by atoms with Gasteiger partial charge >= 0.3 is 0 Å². The molecule has 1 aromatic carbocycles. The number of methoxy groups -OCH3 is 2. The number of halogens is 2. The standard InChI is InChI=1S/C17H20ClFN2O4/c1-11-14(17(22)21(7-9-23-2)8-10-24-3)16(20-25-11)15-12(18)5-4-6-13(15)19/h4-6H,7-10H2,1-3H3. The van der Waals surface area contributed by atoms with Crippen LogP contribution < -0.4 is 0 Å². The predicted molar refractivity (Wildman–Crippen MR) is 91.3 cm³/mol. The smallest absolute Gasteiger partial charge is 0.259 e. The minimum absolute atomic E-state index is 0.0443. The fraction of sp³-hybridized carbons (Fsp3) is 0.412. The second-order valence-electron chi connectivity index (χ2n) is 5.34. The van der Waals surface area contributed by atoms with Crippen LogP contribution in [0.1, 0.15) is 16.1 Å². The van der Waals surface area contributed by atoms with E-state index in [4.69, 9.17) is 25.6 Å². The second-order valence-corrected chi connectivity index (χ2v) is 5.74. The fourth-order valence-corrected chi connectivity index (χ4v) is 2.65. The molecule has 1 aromatic heterocycles. The van der Waals surface area contributed by atoms with Gasteiger partial charge in [0.1, 0.15) is 22.8 Å². The summed E-state index contributed by atoms with van der Waals surface area (Å²) in [6.07, 6.45) is 0. The molecule has 0 fully saturated rings. The van der Waals surface area contributed by atoms with Crippen LogP contribution in [0.2, 0.25) is 5.02 Å². The Hall–Kier alpha value is -1.96. The van der Waals surface area contributed by atoms with Crippen molar-refractivity contribution in [3.63, 3.8) is 0 Å². The zero-order valence-electron chi connectivity index (χ0n) is 14.3. The molecule has 8 heteroatoms. The Kier molecular flexibility index (Phi) is 6.92. The van der Waals surface area contributed by atoms with Gasteiger partial charge in [0, 0.05) is 27.3 Å². The molecule has 1 amide bonds. The average Bonchev–Trinajstić information content (AvgIpc) is 2.95. The summed E-state index contributed by atoms with van der Waals surface area (Å²) in [7, 11) is 3.10. The van der Waals surface area contributed by atoms with Gasteiger partial charge in [-0.15, -0.1) is 0 Å². The minimum atomic E-state index is -0.574. The highest BCUT2D eigenvalue weighted by atomic mass is 35.5. The molecule has 0 bridgehead atoms. The van der Waals surface area contributed by atoms with Crippen molar-refractivity contribution in [1.29, 1.82) is 0 Å². The molecule has 25 heavy (non-hydrogen) atoms. The number of aryl methyl sites for hydroxylation is 1. The summed E-state index contributed by atoms with van der Waals surface area (Å²) in [6.45, 7) is 3.02. The second kappa shape index (κ2) is 8.94. The first-order valence-electron chi connectivity index (χ1n) is 7.69. The van der Waals surface area contributed by atoms with E-state index in [0.717, 1.165) is 0 Å². The Bertz CT molecular complexity index is 707. The van der Waals surface area contributed by atoms with Crippen LogP contribution >= 0.6 is 11.6 Å². The summed E-state index contributed by atoms with van der Waals surface area (Å²) in [6, 6.07) is 4.28. The van der Waals surface area contributed by atoms with E-state index in [0.29, 0.717) is 32.1 Å². The van der Waals surface area contributed by atoms with E-state index >= 15 is 0 Å². The summed E-state index contributed by atoms with van der Waals surface area (Å²) in [5, 5.41) is 4.02. The molecule has 2 aromatic rings. The van der Waals surface area contributed by atoms with Crippen molar-refractivity contribution < 1.29 is 23.2 Å². The van der Waals surface area contributed by atoms with Crippen molar-refractivity contribution in [3.8, 4) is 11.3 Å². The summed E-state index contributed by atoms with van der Waals surface area (Å²) in [4.78, 5) is 14.6. The number of amides is 1. The third kappa shape index (κ3) is 4.36. The summed E-state index contributed by atoms with van der Waals surface area (Å²) < 4.78 is 29.5. The minimum Gasteiger partial charge on any atom is -0.383 e. The van der Waals surface area contributed by atoms with Crippen LogP contribution in [0.5, 0.6) is 0 Å². The summed E-state index contributed by atoms with van der Waals surface area (Å²) >= 11 is 6.11. The van der Waals surface area contributed by atoms with E-state index in [9.17, 15) is 9.18 Å². The van der Waals surface area contributed by atoms with Gasteiger partial charge in [-0.3, -0.25) is 4.79 Å². The molecular formula is C17H20ClFN2O4. The predicted octanol–water partition coefficient (Wildman–Crippen LogP) is 3.18. The van der Waals surface area contributed by atoms with Crippen molar-refractivity contribution >= 4 is 17.5 Å². The lowest BCUT2D eigenvalue weighted by Crippen LogP contribution is -2.36. The van der Waals surface area contributed by atoms with E-state index in [1.807, 2.05) is 0 Å². The fourth-order valence-electron chi connectivity index (χ4n) is 2.39. The molecule has 0 saturated carbocycles. The molecule has 136 valence electrons. The van der Waals surface area contributed by atoms with E-state index in [1.165, 1.54) is 18.2 Å². The van der Waals surface area contributed by atoms with Crippen molar-refractivity contribution in [2.45, 2.75) is 6.92 Å². The number of hydrogen-bond donors (Lipinski definition) is 0. The van der Waals surface area contributed by atoms with Gasteiger partial charge in [-0.05, 0) is 19.1 Å². The first-order valence-corrected chi connectivity index (χ1v) is 8.06. The van der Waals surface area contributed by atoms with Gasteiger partial charge in [-0.1, -0.05) is 22.8 Å². The molecule has 0 saturated heterocycles. The first kappa shape index (κ1) is 19.4. The Balaban J connectivity index is 2.44. The van der Waals surface area contributed by atoms with Gasteiger partial charge in [-0.2, -0.15) is 0 Å². The molecule has 6 nitrogen and oxygen atoms in total. The van der Waals surface area contributed by atoms with Crippen LogP contribution in [0.15, 0.2) is 22.7 Å². The number of nitrogens with zero attached hydrogens (tertiary/aromatic N) is 2. The molecule has 0 aliphatic carbocycles. The molecule has 0 atom stereocenters. The van der Waals surface area contributed by atoms with Crippen molar-refractivity contribution in [1.82, 2.24) is 10.1 Å². The van der Waals surface area contributed by atoms with Gasteiger partial charge in [0.15, 0.2) is 0 Å². The maximum atomic E-state index is 14.3. The average molecular weight is 371 g/mol. The van der Waals surface area contributed by atoms with Crippen LogP contribution in [0.4, 0.5) is 4.39 Å². The number of aromatic nitrogens is 1. The molecule has 0 N–H and O–H groups in total. The first-order chi connectivity index (χ1) is 12.0. The number of hydrogen-bond acceptors (Lipinski definition) is 5. The van der Waals surface area contributed by atoms with Crippen molar-refractivity contribution in [3.05, 3.63) is 40.4 Å². The van der Waals surface area contributed by atoms with E-state index < -0.39 is 5.82 Å². The molecule has 0 aliphatic heterocycles. The highest BCUT2D eigenvalue weighted by Gasteiger charge is 2.28. The lowest BCUT2D eigenvalue weighted by atomic mass is 10.0. The Morgan fingerprint density at radius 3 is 2.48 bits per heavy atom. The molecule has 0 aliphatic rings. The molecule has 0 radical (unpaired) electrons. The van der Waals surface area contributed by atoms with Crippen LogP contribution in [0.25, 0.3) is 11.3 Å². The molecule has 1 heterocycles. The highest BCUT2D eigenvalue weighted by Crippen LogP contribution is 2.33. The van der Waals surface area contributed by atoms with Crippen molar-refractivity contribution in [2.75, 3.05) is 40.5 Å². The SMILES string of the molecule is COCCN(CCOC)C(=O)c1c(-c2c(F)cccc2Cl)noc1C. The molecule has 0 unspecified atom stereocenters. The third-order valence-corrected chi connectivity index (χ3v) is 4.01. The molecule has 2 rings (SSSR count). The maximum absolute atomic E-state index is 14.3. The van der Waals surface area contributed by atoms with Crippen LogP contribution in [-0.2, 0) is 9.47 Å². The van der Waals surface area contributed by atoms with Crippen LogP contribution in [-0.4, -0.2) is 56.5 Å². The van der Waals surface area contributed by atoms with E-state index in [-0.39, 0.29) is 27.8 Å².